The second-order valence-corrected chi connectivity index (χ2v) is 9.57. The molecule has 2 aliphatic rings. The summed E-state index contributed by atoms with van der Waals surface area (Å²) in [5.41, 5.74) is 0.106. The van der Waals surface area contributed by atoms with Crippen LogP contribution in [0.15, 0.2) is 48.5 Å². The number of hydrogen-bond acceptors (Lipinski definition) is 10. The fourth-order valence-corrected chi connectivity index (χ4v) is 4.26. The molecule has 1 N–H and O–H groups in total. The van der Waals surface area contributed by atoms with Gasteiger partial charge in [-0.3, -0.25) is 25.0 Å². The Hall–Kier alpha value is -3.45. The molecule has 12 nitrogen and oxygen atoms in total. The third-order valence-electron chi connectivity index (χ3n) is 6.54. The molecule has 0 spiro atoms. The van der Waals surface area contributed by atoms with E-state index in [9.17, 15) is 29.8 Å². The smallest absolute Gasteiger partial charge is 0.338 e. The number of nitro groups is 2. The molecule has 0 saturated carbocycles. The number of carbonyl (C=O) groups excluding carboxylic acids is 2. The number of likely N-dealkylation sites (N-methyl/N-ethyl adjacent to an activating group) is 2. The molecule has 39 heavy (non-hydrogen) atoms. The summed E-state index contributed by atoms with van der Waals surface area (Å²) in [5.74, 6) is -0.510. The van der Waals surface area contributed by atoms with Crippen LogP contribution in [-0.2, 0) is 4.74 Å². The molecule has 0 aromatic heterocycles. The highest BCUT2D eigenvalue weighted by Gasteiger charge is 2.23. The first kappa shape index (κ1) is 31.8. The Bertz CT molecular complexity index is 1120. The van der Waals surface area contributed by atoms with E-state index in [0.29, 0.717) is 19.3 Å². The molecule has 13 heteroatoms. The highest BCUT2D eigenvalue weighted by molar-refractivity contribution is 6.67. The number of esters is 1. The van der Waals surface area contributed by atoms with Crippen LogP contribution in [0.2, 0.25) is 0 Å². The number of halogens is 1. The van der Waals surface area contributed by atoms with Crippen molar-refractivity contribution in [2.75, 3.05) is 40.4 Å². The molecular formula is C26H33ClN4O8. The van der Waals surface area contributed by atoms with Crippen molar-refractivity contribution in [2.24, 2.45) is 0 Å². The third kappa shape index (κ3) is 10.3. The molecule has 4 rings (SSSR count). The van der Waals surface area contributed by atoms with Crippen molar-refractivity contribution < 1.29 is 29.3 Å². The lowest BCUT2D eigenvalue weighted by Crippen LogP contribution is -2.30. The highest BCUT2D eigenvalue weighted by atomic mass is 35.5. The van der Waals surface area contributed by atoms with E-state index < -0.39 is 21.1 Å². The molecule has 2 saturated heterocycles. The number of aliphatic hydroxyl groups excluding tert-OH is 1. The second kappa shape index (κ2) is 15.8. The van der Waals surface area contributed by atoms with Crippen molar-refractivity contribution in [1.82, 2.24) is 9.80 Å². The fourth-order valence-electron chi connectivity index (χ4n) is 4.14. The van der Waals surface area contributed by atoms with Crippen LogP contribution >= 0.6 is 11.6 Å². The van der Waals surface area contributed by atoms with E-state index in [1.54, 1.807) is 0 Å². The van der Waals surface area contributed by atoms with Crippen molar-refractivity contribution in [2.45, 2.75) is 37.8 Å². The Morgan fingerprint density at radius 1 is 0.923 bits per heavy atom. The largest absolute Gasteiger partial charge is 0.460 e. The maximum Gasteiger partial charge on any atom is 0.338 e. The van der Waals surface area contributed by atoms with Crippen LogP contribution in [0.3, 0.4) is 0 Å². The minimum atomic E-state index is -0.696. The van der Waals surface area contributed by atoms with E-state index in [2.05, 4.69) is 16.8 Å². The van der Waals surface area contributed by atoms with Crippen molar-refractivity contribution >= 4 is 34.2 Å². The van der Waals surface area contributed by atoms with Gasteiger partial charge in [0.05, 0.1) is 22.0 Å². The van der Waals surface area contributed by atoms with Crippen LogP contribution in [-0.4, -0.2) is 88.4 Å². The molecule has 2 aromatic carbocycles. The molecule has 0 bridgehead atoms. The molecule has 2 atom stereocenters. The molecular weight excluding hydrogens is 532 g/mol. The normalized spacial score (nSPS) is 18.8. The van der Waals surface area contributed by atoms with E-state index in [0.717, 1.165) is 32.0 Å². The fraction of sp³-hybridized carbons (Fsp3) is 0.462. The number of aliphatic hydroxyl groups is 1. The number of non-ortho nitro benzene ring substituents is 2. The summed E-state index contributed by atoms with van der Waals surface area (Å²) < 4.78 is 5.21. The van der Waals surface area contributed by atoms with Gasteiger partial charge in [-0.25, -0.2) is 4.79 Å². The number of nitrogens with zero attached hydrogens (tertiary/aromatic N) is 4. The van der Waals surface area contributed by atoms with E-state index >= 15 is 0 Å². The van der Waals surface area contributed by atoms with Gasteiger partial charge in [0.1, 0.15) is 6.61 Å². The van der Waals surface area contributed by atoms with Gasteiger partial charge in [0.15, 0.2) is 0 Å². The Morgan fingerprint density at radius 3 is 1.82 bits per heavy atom. The Balaban J connectivity index is 0.000000227. The quantitative estimate of drug-likeness (QED) is 0.226. The van der Waals surface area contributed by atoms with Gasteiger partial charge in [-0.2, -0.15) is 0 Å². The molecule has 0 aliphatic carbocycles. The van der Waals surface area contributed by atoms with E-state index in [-0.39, 0.29) is 28.5 Å². The summed E-state index contributed by atoms with van der Waals surface area (Å²) in [6, 6.07) is 11.6. The number of nitro benzene ring substituents is 2. The van der Waals surface area contributed by atoms with Crippen molar-refractivity contribution in [3.05, 3.63) is 79.9 Å². The van der Waals surface area contributed by atoms with Gasteiger partial charge >= 0.3 is 5.97 Å². The molecule has 0 radical (unpaired) electrons. The van der Waals surface area contributed by atoms with Gasteiger partial charge in [0.25, 0.3) is 16.6 Å². The van der Waals surface area contributed by atoms with Gasteiger partial charge in [0, 0.05) is 41.9 Å². The highest BCUT2D eigenvalue weighted by Crippen LogP contribution is 2.18. The maximum atomic E-state index is 11.8. The predicted molar refractivity (Wildman–Crippen MR) is 145 cm³/mol. The zero-order valence-electron chi connectivity index (χ0n) is 21.9. The number of rotatable bonds is 7. The van der Waals surface area contributed by atoms with Crippen molar-refractivity contribution in [1.29, 1.82) is 0 Å². The molecule has 212 valence electrons. The SMILES string of the molecule is CN1CCCC1CO.CN1CCCC1COC(=O)c1cccc([N+](=O)[O-])c1.O=C(Cl)c1cccc([N+](=O)[O-])c1. The van der Waals surface area contributed by atoms with Crippen LogP contribution in [0.5, 0.6) is 0 Å². The topological polar surface area (TPSA) is 156 Å². The minimum absolute atomic E-state index is 0.104. The molecule has 2 fully saturated rings. The number of benzene rings is 2. The van der Waals surface area contributed by atoms with Crippen molar-refractivity contribution in [3.63, 3.8) is 0 Å². The van der Waals surface area contributed by atoms with Gasteiger partial charge in [-0.05, 0) is 76.6 Å². The Morgan fingerprint density at radius 2 is 1.41 bits per heavy atom. The third-order valence-corrected chi connectivity index (χ3v) is 6.76. The van der Waals surface area contributed by atoms with E-state index in [1.807, 2.05) is 7.05 Å². The van der Waals surface area contributed by atoms with E-state index in [4.69, 9.17) is 21.4 Å². The van der Waals surface area contributed by atoms with Crippen LogP contribution in [0.1, 0.15) is 46.4 Å². The van der Waals surface area contributed by atoms with Crippen LogP contribution in [0, 0.1) is 20.2 Å². The maximum absolute atomic E-state index is 11.8. The number of ether oxygens (including phenoxy) is 1. The lowest BCUT2D eigenvalue weighted by molar-refractivity contribution is -0.385. The molecule has 2 unspecified atom stereocenters. The van der Waals surface area contributed by atoms with Crippen LogP contribution < -0.4 is 0 Å². The standard InChI is InChI=1S/C13H16N2O4.C7H4ClNO3.C6H13NO/c1-14-7-3-6-12(14)9-19-13(16)10-4-2-5-11(8-10)15(17)18;8-7(10)5-2-1-3-6(4-5)9(11)12;1-7-4-2-3-6(7)5-8/h2,4-5,8,12H,3,6-7,9H2,1H3;1-4H;6,8H,2-5H2,1H3. The zero-order chi connectivity index (χ0) is 28.9. The summed E-state index contributed by atoms with van der Waals surface area (Å²) in [5, 5.41) is 28.9. The van der Waals surface area contributed by atoms with E-state index in [1.165, 1.54) is 55.3 Å². The zero-order valence-corrected chi connectivity index (χ0v) is 22.7. The summed E-state index contributed by atoms with van der Waals surface area (Å²) in [7, 11) is 4.06. The van der Waals surface area contributed by atoms with Crippen molar-refractivity contribution in [3.8, 4) is 0 Å². The first-order chi connectivity index (χ1) is 18.5. The number of hydrogen-bond donors (Lipinski definition) is 1. The van der Waals surface area contributed by atoms with Gasteiger partial charge in [0.2, 0.25) is 0 Å². The average molecular weight is 565 g/mol. The minimum Gasteiger partial charge on any atom is -0.460 e. The average Bonchev–Trinajstić information content (AvgIpc) is 3.54. The van der Waals surface area contributed by atoms with Gasteiger partial charge in [-0.15, -0.1) is 0 Å². The monoisotopic (exact) mass is 564 g/mol. The molecule has 0 amide bonds. The Kier molecular flexibility index (Phi) is 12.9. The first-order valence-corrected chi connectivity index (χ1v) is 12.8. The van der Waals surface area contributed by atoms with Gasteiger partial charge in [-0.1, -0.05) is 12.1 Å². The second-order valence-electron chi connectivity index (χ2n) is 9.22. The Labute approximate surface area is 231 Å². The number of carbonyl (C=O) groups is 2. The summed E-state index contributed by atoms with van der Waals surface area (Å²) in [6.45, 7) is 2.83. The summed E-state index contributed by atoms with van der Waals surface area (Å²) in [6.07, 6.45) is 4.54. The predicted octanol–water partition coefficient (Wildman–Crippen LogP) is 3.89. The molecule has 2 heterocycles. The first-order valence-electron chi connectivity index (χ1n) is 12.4. The summed E-state index contributed by atoms with van der Waals surface area (Å²) in [4.78, 5) is 46.5. The molecule has 2 aliphatic heterocycles. The van der Waals surface area contributed by atoms with Crippen LogP contribution in [0.4, 0.5) is 11.4 Å². The lowest BCUT2D eigenvalue weighted by atomic mass is 10.2. The van der Waals surface area contributed by atoms with Gasteiger partial charge < -0.3 is 19.6 Å². The van der Waals surface area contributed by atoms with Crippen LogP contribution in [0.25, 0.3) is 0 Å². The lowest BCUT2D eigenvalue weighted by Gasteiger charge is -2.18. The molecule has 2 aromatic rings. The summed E-state index contributed by atoms with van der Waals surface area (Å²) >= 11 is 5.12. The number of likely N-dealkylation sites (tertiary alicyclic amines) is 2.